The van der Waals surface area contributed by atoms with Crippen molar-refractivity contribution in [3.05, 3.63) is 89.7 Å². The number of nitrogens with zero attached hydrogens (tertiary/aromatic N) is 2. The summed E-state index contributed by atoms with van der Waals surface area (Å²) in [5.41, 5.74) is 2.37. The lowest BCUT2D eigenvalue weighted by molar-refractivity contribution is -0.119. The molecule has 3 aromatic rings. The van der Waals surface area contributed by atoms with E-state index < -0.39 is 28.3 Å². The van der Waals surface area contributed by atoms with E-state index in [1.807, 2.05) is 31.2 Å². The van der Waals surface area contributed by atoms with Gasteiger partial charge in [-0.3, -0.25) is 14.0 Å². The van der Waals surface area contributed by atoms with Crippen LogP contribution in [0.5, 0.6) is 5.75 Å². The van der Waals surface area contributed by atoms with E-state index in [9.17, 15) is 17.6 Å². The summed E-state index contributed by atoms with van der Waals surface area (Å²) in [6.45, 7) is 6.27. The van der Waals surface area contributed by atoms with Gasteiger partial charge in [0, 0.05) is 26.2 Å². The highest BCUT2D eigenvalue weighted by molar-refractivity contribution is 7.92. The largest absolute Gasteiger partial charge is 0.494 e. The van der Waals surface area contributed by atoms with Gasteiger partial charge in [-0.1, -0.05) is 24.3 Å². The number of nitrogens with one attached hydrogen (secondary N) is 1. The van der Waals surface area contributed by atoms with Crippen LogP contribution in [-0.4, -0.2) is 58.7 Å². The first kappa shape index (κ1) is 27.6. The quantitative estimate of drug-likeness (QED) is 0.399. The van der Waals surface area contributed by atoms with Gasteiger partial charge < -0.3 is 14.8 Å². The maximum absolute atomic E-state index is 13.4. The number of amides is 1. The van der Waals surface area contributed by atoms with Crippen LogP contribution in [0.1, 0.15) is 18.1 Å². The summed E-state index contributed by atoms with van der Waals surface area (Å²) in [6, 6.07) is 18.9. The molecule has 0 unspecified atom stereocenters. The van der Waals surface area contributed by atoms with Crippen LogP contribution < -0.4 is 14.4 Å². The molecule has 1 aliphatic rings. The van der Waals surface area contributed by atoms with Gasteiger partial charge in [-0.05, 0) is 66.6 Å². The topological polar surface area (TPSA) is 88.2 Å². The fourth-order valence-corrected chi connectivity index (χ4v) is 5.51. The van der Waals surface area contributed by atoms with Crippen LogP contribution in [0.15, 0.2) is 77.7 Å². The van der Waals surface area contributed by atoms with Crippen molar-refractivity contribution in [2.24, 2.45) is 0 Å². The lowest BCUT2D eigenvalue weighted by Gasteiger charge is -2.26. The summed E-state index contributed by atoms with van der Waals surface area (Å²) in [4.78, 5) is 15.1. The highest BCUT2D eigenvalue weighted by atomic mass is 32.2. The zero-order valence-electron chi connectivity index (χ0n) is 21.3. The summed E-state index contributed by atoms with van der Waals surface area (Å²) in [5, 5.41) is 2.81. The molecule has 0 aromatic heterocycles. The first-order valence-corrected chi connectivity index (χ1v) is 13.9. The van der Waals surface area contributed by atoms with Gasteiger partial charge in [0.15, 0.2) is 0 Å². The minimum absolute atomic E-state index is 0.114. The van der Waals surface area contributed by atoms with Gasteiger partial charge in [-0.2, -0.15) is 0 Å². The Hall–Kier alpha value is -3.47. The molecular formula is C28H32FN3O5S. The zero-order chi connectivity index (χ0) is 27.0. The second-order valence-corrected chi connectivity index (χ2v) is 10.7. The molecular weight excluding hydrogens is 509 g/mol. The second kappa shape index (κ2) is 12.9. The molecule has 1 N–H and O–H groups in total. The van der Waals surface area contributed by atoms with E-state index in [4.69, 9.17) is 9.47 Å². The highest BCUT2D eigenvalue weighted by Crippen LogP contribution is 2.26. The molecule has 0 spiro atoms. The average Bonchev–Trinajstić information content (AvgIpc) is 2.93. The molecule has 8 nitrogen and oxygen atoms in total. The van der Waals surface area contributed by atoms with Gasteiger partial charge in [0.2, 0.25) is 5.91 Å². The van der Waals surface area contributed by atoms with Crippen molar-refractivity contribution in [3.63, 3.8) is 0 Å². The second-order valence-electron chi connectivity index (χ2n) is 8.87. The van der Waals surface area contributed by atoms with E-state index in [1.54, 1.807) is 24.3 Å². The summed E-state index contributed by atoms with van der Waals surface area (Å²) in [5.74, 6) is -0.441. The van der Waals surface area contributed by atoms with Gasteiger partial charge in [0.05, 0.1) is 30.4 Å². The highest BCUT2D eigenvalue weighted by Gasteiger charge is 2.27. The molecule has 4 rings (SSSR count). The van der Waals surface area contributed by atoms with E-state index >= 15 is 0 Å². The Balaban J connectivity index is 1.44. The minimum Gasteiger partial charge on any atom is -0.494 e. The van der Waals surface area contributed by atoms with Crippen LogP contribution >= 0.6 is 0 Å². The number of ether oxygens (including phenoxy) is 2. The van der Waals surface area contributed by atoms with Crippen LogP contribution in [-0.2, 0) is 32.6 Å². The Kier molecular flexibility index (Phi) is 9.33. The zero-order valence-corrected chi connectivity index (χ0v) is 22.1. The van der Waals surface area contributed by atoms with E-state index in [0.717, 1.165) is 54.8 Å². The van der Waals surface area contributed by atoms with Gasteiger partial charge >= 0.3 is 0 Å². The van der Waals surface area contributed by atoms with Crippen molar-refractivity contribution in [2.45, 2.75) is 24.9 Å². The molecule has 38 heavy (non-hydrogen) atoms. The molecule has 0 aliphatic carbocycles. The van der Waals surface area contributed by atoms with Crippen LogP contribution in [0, 0.1) is 5.82 Å². The van der Waals surface area contributed by atoms with Crippen molar-refractivity contribution in [1.82, 2.24) is 10.2 Å². The number of anilines is 1. The summed E-state index contributed by atoms with van der Waals surface area (Å²) >= 11 is 0. The van der Waals surface area contributed by atoms with Crippen molar-refractivity contribution >= 4 is 21.6 Å². The number of halogens is 1. The third-order valence-corrected chi connectivity index (χ3v) is 7.94. The Morgan fingerprint density at radius 3 is 2.24 bits per heavy atom. The third-order valence-electron chi connectivity index (χ3n) is 6.15. The number of hydrogen-bond donors (Lipinski definition) is 1. The number of benzene rings is 3. The summed E-state index contributed by atoms with van der Waals surface area (Å²) < 4.78 is 52.2. The molecule has 202 valence electrons. The van der Waals surface area contributed by atoms with E-state index in [2.05, 4.69) is 10.2 Å². The van der Waals surface area contributed by atoms with E-state index in [-0.39, 0.29) is 11.4 Å². The van der Waals surface area contributed by atoms with Crippen molar-refractivity contribution in [2.75, 3.05) is 43.8 Å². The van der Waals surface area contributed by atoms with Gasteiger partial charge in [-0.25, -0.2) is 12.8 Å². The predicted molar refractivity (Wildman–Crippen MR) is 143 cm³/mol. The number of sulfonamides is 1. The molecule has 1 saturated heterocycles. The maximum Gasteiger partial charge on any atom is 0.264 e. The fourth-order valence-electron chi connectivity index (χ4n) is 4.09. The molecule has 3 aromatic carbocycles. The normalized spacial score (nSPS) is 14.2. The number of hydrogen-bond acceptors (Lipinski definition) is 6. The number of rotatable bonds is 11. The Bertz CT molecular complexity index is 1290. The molecule has 1 fully saturated rings. The molecule has 1 aliphatic heterocycles. The number of carbonyl (C=O) groups is 1. The average molecular weight is 542 g/mol. The standard InChI is InChI=1S/C28H32FN3O5S/c1-2-37-26-11-9-25(10-12-26)32(38(34,35)27-13-7-24(29)8-14-27)21-28(33)30-19-22-3-5-23(6-4-22)20-31-15-17-36-18-16-31/h3-14H,2,15-21H2,1H3,(H,30,33). The lowest BCUT2D eigenvalue weighted by atomic mass is 10.1. The van der Waals surface area contributed by atoms with Crippen molar-refractivity contribution in [1.29, 1.82) is 0 Å². The Morgan fingerprint density at radius 2 is 1.61 bits per heavy atom. The molecule has 0 radical (unpaired) electrons. The van der Waals surface area contributed by atoms with Gasteiger partial charge in [0.25, 0.3) is 10.0 Å². The lowest BCUT2D eigenvalue weighted by Crippen LogP contribution is -2.40. The first-order valence-electron chi connectivity index (χ1n) is 12.5. The van der Waals surface area contributed by atoms with E-state index in [1.165, 1.54) is 17.7 Å². The van der Waals surface area contributed by atoms with Crippen LogP contribution in [0.4, 0.5) is 10.1 Å². The fraction of sp³-hybridized carbons (Fsp3) is 0.321. The molecule has 10 heteroatoms. The molecule has 0 bridgehead atoms. The number of carbonyl (C=O) groups excluding carboxylic acids is 1. The molecule has 1 amide bonds. The molecule has 0 atom stereocenters. The molecule has 1 heterocycles. The SMILES string of the molecule is CCOc1ccc(N(CC(=O)NCc2ccc(CN3CCOCC3)cc2)S(=O)(=O)c2ccc(F)cc2)cc1. The van der Waals surface area contributed by atoms with Crippen LogP contribution in [0.3, 0.4) is 0 Å². The number of morpholine rings is 1. The third kappa shape index (κ3) is 7.31. The van der Waals surface area contributed by atoms with Crippen molar-refractivity contribution < 1.29 is 27.1 Å². The smallest absolute Gasteiger partial charge is 0.264 e. The Labute approximate surface area is 223 Å². The summed E-state index contributed by atoms with van der Waals surface area (Å²) in [7, 11) is -4.14. The van der Waals surface area contributed by atoms with Crippen LogP contribution in [0.25, 0.3) is 0 Å². The van der Waals surface area contributed by atoms with Gasteiger partial charge in [0.1, 0.15) is 18.1 Å². The van der Waals surface area contributed by atoms with Gasteiger partial charge in [-0.15, -0.1) is 0 Å². The first-order chi connectivity index (χ1) is 18.3. The van der Waals surface area contributed by atoms with Crippen molar-refractivity contribution in [3.8, 4) is 5.75 Å². The summed E-state index contributed by atoms with van der Waals surface area (Å²) in [6.07, 6.45) is 0. The molecule has 0 saturated carbocycles. The monoisotopic (exact) mass is 541 g/mol. The maximum atomic E-state index is 13.4. The predicted octanol–water partition coefficient (Wildman–Crippen LogP) is 3.57. The van der Waals surface area contributed by atoms with Crippen LogP contribution in [0.2, 0.25) is 0 Å². The van der Waals surface area contributed by atoms with E-state index in [0.29, 0.717) is 18.0 Å². The minimum atomic E-state index is -4.14. The Morgan fingerprint density at radius 1 is 0.974 bits per heavy atom.